The largest absolute Gasteiger partial charge is 0.480 e. The Labute approximate surface area is 224 Å². The first kappa shape index (κ1) is 32.4. The van der Waals surface area contributed by atoms with Gasteiger partial charge in [0.2, 0.25) is 0 Å². The third-order valence-electron chi connectivity index (χ3n) is 5.22. The van der Waals surface area contributed by atoms with E-state index in [2.05, 4.69) is 5.32 Å². The zero-order valence-corrected chi connectivity index (χ0v) is 21.6. The molecule has 0 fully saturated rings. The van der Waals surface area contributed by atoms with Crippen LogP contribution < -0.4 is 5.32 Å². The third-order valence-corrected chi connectivity index (χ3v) is 5.32. The molecule has 6 N–H and O–H groups in total. The van der Waals surface area contributed by atoms with E-state index >= 15 is 0 Å². The lowest BCUT2D eigenvalue weighted by atomic mass is 10.0. The van der Waals surface area contributed by atoms with Gasteiger partial charge in [-0.25, -0.2) is 0 Å². The van der Waals surface area contributed by atoms with E-state index in [0.29, 0.717) is 4.99 Å². The van der Waals surface area contributed by atoms with Crippen molar-refractivity contribution in [3.63, 3.8) is 0 Å². The van der Waals surface area contributed by atoms with Crippen molar-refractivity contribution >= 4 is 52.7 Å². The number of benzene rings is 1. The quantitative estimate of drug-likeness (QED) is 0.121. The van der Waals surface area contributed by atoms with Crippen molar-refractivity contribution in [1.82, 2.24) is 14.7 Å². The van der Waals surface area contributed by atoms with E-state index in [1.165, 1.54) is 9.80 Å². The van der Waals surface area contributed by atoms with Crippen LogP contribution in [0.25, 0.3) is 0 Å². The Balaban J connectivity index is 3.23. The number of rotatable bonds is 19. The van der Waals surface area contributed by atoms with E-state index < -0.39 is 68.6 Å². The minimum absolute atomic E-state index is 0.0614. The molecule has 0 bridgehead atoms. The van der Waals surface area contributed by atoms with Crippen molar-refractivity contribution in [3.8, 4) is 0 Å². The van der Waals surface area contributed by atoms with Crippen molar-refractivity contribution in [2.45, 2.75) is 19.4 Å². The molecule has 0 aliphatic heterocycles. The molecular weight excluding hydrogens is 524 g/mol. The van der Waals surface area contributed by atoms with E-state index in [4.69, 9.17) is 22.4 Å². The van der Waals surface area contributed by atoms with Crippen LogP contribution in [0.1, 0.15) is 12.5 Å². The zero-order valence-electron chi connectivity index (χ0n) is 20.8. The Hall–Kier alpha value is -3.66. The number of carboxylic acid groups (broad SMARTS) is 5. The Morgan fingerprint density at radius 2 is 1.16 bits per heavy atom. The minimum Gasteiger partial charge on any atom is -0.480 e. The fraction of sp³-hybridized carbons (Fsp3) is 0.478. The lowest BCUT2D eigenvalue weighted by Crippen LogP contribution is -2.51. The van der Waals surface area contributed by atoms with Gasteiger partial charge in [-0.2, -0.15) is 0 Å². The first-order chi connectivity index (χ1) is 17.7. The first-order valence-electron chi connectivity index (χ1n) is 11.4. The molecule has 1 aromatic rings. The van der Waals surface area contributed by atoms with Crippen LogP contribution in [0.4, 0.5) is 5.69 Å². The van der Waals surface area contributed by atoms with Crippen LogP contribution in [0.2, 0.25) is 0 Å². The Kier molecular flexibility index (Phi) is 13.8. The van der Waals surface area contributed by atoms with Gasteiger partial charge < -0.3 is 30.8 Å². The summed E-state index contributed by atoms with van der Waals surface area (Å²) in [6.07, 6.45) is 0.168. The van der Waals surface area contributed by atoms with Crippen LogP contribution in [-0.4, -0.2) is 133 Å². The molecule has 0 amide bonds. The first-order valence-corrected chi connectivity index (χ1v) is 11.8. The van der Waals surface area contributed by atoms with Crippen LogP contribution in [0.3, 0.4) is 0 Å². The lowest BCUT2D eigenvalue weighted by Gasteiger charge is -2.34. The molecule has 0 aliphatic rings. The summed E-state index contributed by atoms with van der Waals surface area (Å²) in [5, 5.41) is 49.2. The van der Waals surface area contributed by atoms with Crippen molar-refractivity contribution in [1.29, 1.82) is 0 Å². The Morgan fingerprint density at radius 1 is 0.737 bits per heavy atom. The number of nitrogens with zero attached hydrogens (tertiary/aromatic N) is 3. The molecule has 1 unspecified atom stereocenters. The second-order valence-electron chi connectivity index (χ2n) is 8.56. The maximum atomic E-state index is 11.5. The number of nitrogens with one attached hydrogen (secondary N) is 1. The smallest absolute Gasteiger partial charge is 0.317 e. The second kappa shape index (κ2) is 16.2. The standard InChI is InChI=1S/C23H32N4O10S/c1-15(38)24-17-4-2-16(3-5-17)8-18(27(13-22(34)35)14-23(36)37)9-25(10-19(28)29)6-7-26(11-20(30)31)12-21(32)33/h2-5,18H,6-14H2,1H3,(H,24,38)(H,28,29)(H,30,31)(H,32,33)(H,34,35)(H,36,37). The van der Waals surface area contributed by atoms with E-state index in [0.717, 1.165) is 16.2 Å². The molecule has 38 heavy (non-hydrogen) atoms. The van der Waals surface area contributed by atoms with E-state index in [9.17, 15) is 39.3 Å². The summed E-state index contributed by atoms with van der Waals surface area (Å²) in [7, 11) is 0. The fourth-order valence-corrected chi connectivity index (χ4v) is 3.89. The molecule has 0 spiro atoms. The van der Waals surface area contributed by atoms with Crippen molar-refractivity contribution in [2.75, 3.05) is 57.7 Å². The Morgan fingerprint density at radius 3 is 1.58 bits per heavy atom. The van der Waals surface area contributed by atoms with Gasteiger partial charge >= 0.3 is 29.8 Å². The zero-order chi connectivity index (χ0) is 28.8. The van der Waals surface area contributed by atoms with Gasteiger partial charge in [0.05, 0.1) is 37.7 Å². The summed E-state index contributed by atoms with van der Waals surface area (Å²) >= 11 is 5.01. The molecule has 14 nitrogen and oxygen atoms in total. The summed E-state index contributed by atoms with van der Waals surface area (Å²) in [5.74, 6) is -6.28. The summed E-state index contributed by atoms with van der Waals surface area (Å²) < 4.78 is 0. The molecule has 0 aromatic heterocycles. The fourth-order valence-electron chi connectivity index (χ4n) is 3.77. The number of thiocarbonyl (C=S) groups is 1. The molecule has 0 saturated heterocycles. The molecule has 1 aromatic carbocycles. The monoisotopic (exact) mass is 556 g/mol. The molecule has 210 valence electrons. The second-order valence-corrected chi connectivity index (χ2v) is 9.17. The molecule has 1 atom stereocenters. The van der Waals surface area contributed by atoms with Gasteiger partial charge in [-0.3, -0.25) is 38.7 Å². The van der Waals surface area contributed by atoms with Crippen LogP contribution in [0.15, 0.2) is 24.3 Å². The summed E-state index contributed by atoms with van der Waals surface area (Å²) in [6.45, 7) is -1.46. The number of aliphatic carboxylic acids is 5. The number of hydrogen-bond donors (Lipinski definition) is 6. The number of hydrogen-bond acceptors (Lipinski definition) is 9. The normalized spacial score (nSPS) is 11.9. The summed E-state index contributed by atoms with van der Waals surface area (Å²) in [4.78, 5) is 61.0. The van der Waals surface area contributed by atoms with E-state index in [1.54, 1.807) is 31.2 Å². The maximum absolute atomic E-state index is 11.5. The third kappa shape index (κ3) is 14.2. The van der Waals surface area contributed by atoms with E-state index in [1.807, 2.05) is 0 Å². The lowest BCUT2D eigenvalue weighted by molar-refractivity contribution is -0.144. The topological polar surface area (TPSA) is 208 Å². The highest BCUT2D eigenvalue weighted by Crippen LogP contribution is 2.15. The van der Waals surface area contributed by atoms with Gasteiger partial charge in [-0.05, 0) is 31.0 Å². The van der Waals surface area contributed by atoms with E-state index in [-0.39, 0.29) is 26.1 Å². The van der Waals surface area contributed by atoms with Crippen molar-refractivity contribution in [3.05, 3.63) is 29.8 Å². The van der Waals surface area contributed by atoms with Gasteiger partial charge in [0.25, 0.3) is 0 Å². The molecule has 0 radical (unpaired) electrons. The van der Waals surface area contributed by atoms with Crippen LogP contribution in [0.5, 0.6) is 0 Å². The summed E-state index contributed by atoms with van der Waals surface area (Å²) in [5.41, 5.74) is 1.44. The van der Waals surface area contributed by atoms with Gasteiger partial charge in [0, 0.05) is 31.4 Å². The van der Waals surface area contributed by atoms with Crippen molar-refractivity contribution < 1.29 is 49.5 Å². The van der Waals surface area contributed by atoms with Gasteiger partial charge in [0.15, 0.2) is 0 Å². The van der Waals surface area contributed by atoms with Crippen LogP contribution >= 0.6 is 12.2 Å². The average Bonchev–Trinajstić information content (AvgIpc) is 2.75. The predicted molar refractivity (Wildman–Crippen MR) is 138 cm³/mol. The van der Waals surface area contributed by atoms with Crippen LogP contribution in [-0.2, 0) is 30.4 Å². The van der Waals surface area contributed by atoms with Crippen molar-refractivity contribution in [2.24, 2.45) is 0 Å². The number of anilines is 1. The van der Waals surface area contributed by atoms with Gasteiger partial charge in [-0.1, -0.05) is 24.4 Å². The predicted octanol–water partition coefficient (Wildman–Crippen LogP) is -0.314. The average molecular weight is 557 g/mol. The molecule has 0 heterocycles. The molecular formula is C23H32N4O10S. The highest BCUT2D eigenvalue weighted by molar-refractivity contribution is 7.80. The summed E-state index contributed by atoms with van der Waals surface area (Å²) in [6, 6.07) is 6.21. The molecule has 0 aliphatic carbocycles. The number of carboxylic acids is 5. The molecule has 15 heteroatoms. The van der Waals surface area contributed by atoms with Crippen LogP contribution in [0, 0.1) is 0 Å². The SMILES string of the molecule is CC(=S)Nc1ccc(CC(CN(CCN(CC(=O)O)CC(=O)O)CC(=O)O)N(CC(=O)O)CC(=O)O)cc1. The highest BCUT2D eigenvalue weighted by atomic mass is 32.1. The minimum atomic E-state index is -1.27. The van der Waals surface area contributed by atoms with Gasteiger partial charge in [0.1, 0.15) is 0 Å². The molecule has 1 rings (SSSR count). The highest BCUT2D eigenvalue weighted by Gasteiger charge is 2.27. The molecule has 0 saturated carbocycles. The number of carbonyl (C=O) groups is 5. The van der Waals surface area contributed by atoms with Gasteiger partial charge in [-0.15, -0.1) is 0 Å². The maximum Gasteiger partial charge on any atom is 0.317 e. The Bertz CT molecular complexity index is 972.